The quantitative estimate of drug-likeness (QED) is 0.663. The molecule has 0 saturated heterocycles. The SMILES string of the molecule is N#Cc1cccnc1-c1cnc[c]n1. The Morgan fingerprint density at radius 3 is 3.07 bits per heavy atom. The molecule has 4 heteroatoms. The number of rotatable bonds is 1. The van der Waals surface area contributed by atoms with Crippen molar-refractivity contribution in [1.82, 2.24) is 15.0 Å². The van der Waals surface area contributed by atoms with Gasteiger partial charge in [0, 0.05) is 6.20 Å². The number of hydrogen-bond donors (Lipinski definition) is 0. The fourth-order valence-corrected chi connectivity index (χ4v) is 1.08. The van der Waals surface area contributed by atoms with Crippen LogP contribution in [-0.2, 0) is 0 Å². The van der Waals surface area contributed by atoms with Gasteiger partial charge in [0.05, 0.1) is 18.0 Å². The van der Waals surface area contributed by atoms with Gasteiger partial charge in [-0.15, -0.1) is 0 Å². The minimum atomic E-state index is 0.487. The molecule has 0 unspecified atom stereocenters. The predicted octanol–water partition coefficient (Wildman–Crippen LogP) is 1.21. The van der Waals surface area contributed by atoms with E-state index in [0.717, 1.165) is 0 Å². The zero-order chi connectivity index (χ0) is 9.80. The fourth-order valence-electron chi connectivity index (χ4n) is 1.08. The Kier molecular flexibility index (Phi) is 2.15. The van der Waals surface area contributed by atoms with Crippen LogP contribution in [0.25, 0.3) is 11.4 Å². The summed E-state index contributed by atoms with van der Waals surface area (Å²) in [5.41, 5.74) is 1.59. The second-order valence-electron chi connectivity index (χ2n) is 2.54. The second-order valence-corrected chi connectivity index (χ2v) is 2.54. The third-order valence-electron chi connectivity index (χ3n) is 1.68. The molecule has 0 spiro atoms. The van der Waals surface area contributed by atoms with Gasteiger partial charge in [-0.1, -0.05) is 0 Å². The van der Waals surface area contributed by atoms with Gasteiger partial charge in [-0.05, 0) is 12.1 Å². The monoisotopic (exact) mass is 181 g/mol. The average molecular weight is 181 g/mol. The molecule has 1 radical (unpaired) electrons. The first-order valence-electron chi connectivity index (χ1n) is 3.95. The third kappa shape index (κ3) is 1.43. The summed E-state index contributed by atoms with van der Waals surface area (Å²) >= 11 is 0. The summed E-state index contributed by atoms with van der Waals surface area (Å²) in [5.74, 6) is 0. The van der Waals surface area contributed by atoms with Gasteiger partial charge in [-0.3, -0.25) is 9.97 Å². The maximum absolute atomic E-state index is 8.83. The molecule has 0 N–H and O–H groups in total. The summed E-state index contributed by atoms with van der Waals surface area (Å²) < 4.78 is 0. The molecule has 4 nitrogen and oxygen atoms in total. The van der Waals surface area contributed by atoms with Crippen LogP contribution in [0.1, 0.15) is 5.56 Å². The number of hydrogen-bond acceptors (Lipinski definition) is 4. The molecule has 0 bridgehead atoms. The molecule has 2 rings (SSSR count). The van der Waals surface area contributed by atoms with Crippen LogP contribution < -0.4 is 0 Å². The van der Waals surface area contributed by atoms with Gasteiger partial charge in [0.2, 0.25) is 0 Å². The van der Waals surface area contributed by atoms with Crippen LogP contribution in [0.5, 0.6) is 0 Å². The molecule has 0 saturated carbocycles. The first kappa shape index (κ1) is 8.32. The first-order valence-corrected chi connectivity index (χ1v) is 3.95. The molecule has 65 valence electrons. The number of aromatic nitrogens is 3. The molecule has 0 fully saturated rings. The van der Waals surface area contributed by atoms with Crippen LogP contribution in [0.4, 0.5) is 0 Å². The molecule has 2 heterocycles. The van der Waals surface area contributed by atoms with E-state index in [2.05, 4.69) is 21.1 Å². The van der Waals surface area contributed by atoms with E-state index in [4.69, 9.17) is 5.26 Å². The van der Waals surface area contributed by atoms with Crippen molar-refractivity contribution < 1.29 is 0 Å². The Morgan fingerprint density at radius 2 is 2.36 bits per heavy atom. The van der Waals surface area contributed by atoms with E-state index in [1.807, 2.05) is 6.07 Å². The van der Waals surface area contributed by atoms with Crippen molar-refractivity contribution in [3.63, 3.8) is 0 Å². The normalized spacial score (nSPS) is 9.36. The van der Waals surface area contributed by atoms with Crippen molar-refractivity contribution >= 4 is 0 Å². The largest absolute Gasteiger partial charge is 0.260 e. The Morgan fingerprint density at radius 1 is 1.43 bits per heavy atom. The number of pyridine rings is 1. The average Bonchev–Trinajstić information content (AvgIpc) is 2.30. The van der Waals surface area contributed by atoms with E-state index < -0.39 is 0 Å². The summed E-state index contributed by atoms with van der Waals surface area (Å²) in [7, 11) is 0. The molecular formula is C10H5N4. The van der Waals surface area contributed by atoms with Crippen LogP contribution in [-0.4, -0.2) is 15.0 Å². The topological polar surface area (TPSA) is 62.5 Å². The van der Waals surface area contributed by atoms with E-state index in [9.17, 15) is 0 Å². The minimum Gasteiger partial charge on any atom is -0.260 e. The highest BCUT2D eigenvalue weighted by Crippen LogP contribution is 2.15. The lowest BCUT2D eigenvalue weighted by Gasteiger charge is -1.99. The van der Waals surface area contributed by atoms with Crippen molar-refractivity contribution in [2.75, 3.05) is 0 Å². The third-order valence-corrected chi connectivity index (χ3v) is 1.68. The van der Waals surface area contributed by atoms with Gasteiger partial charge in [-0.25, -0.2) is 4.98 Å². The van der Waals surface area contributed by atoms with Gasteiger partial charge in [0.15, 0.2) is 0 Å². The lowest BCUT2D eigenvalue weighted by Crippen LogP contribution is -1.91. The van der Waals surface area contributed by atoms with Gasteiger partial charge >= 0.3 is 0 Å². The van der Waals surface area contributed by atoms with Crippen LogP contribution in [0.3, 0.4) is 0 Å². The molecule has 0 aliphatic heterocycles. The molecular weight excluding hydrogens is 176 g/mol. The van der Waals surface area contributed by atoms with E-state index in [-0.39, 0.29) is 0 Å². The Hall–Kier alpha value is -2.28. The van der Waals surface area contributed by atoms with Crippen molar-refractivity contribution in [2.45, 2.75) is 0 Å². The van der Waals surface area contributed by atoms with Gasteiger partial charge in [0.1, 0.15) is 23.7 Å². The first-order chi connectivity index (χ1) is 6.92. The highest BCUT2D eigenvalue weighted by Gasteiger charge is 2.05. The van der Waals surface area contributed by atoms with E-state index in [1.54, 1.807) is 24.5 Å². The van der Waals surface area contributed by atoms with Crippen LogP contribution in [0.15, 0.2) is 30.7 Å². The maximum Gasteiger partial charge on any atom is 0.109 e. The zero-order valence-corrected chi connectivity index (χ0v) is 7.18. The summed E-state index contributed by atoms with van der Waals surface area (Å²) in [5, 5.41) is 8.83. The van der Waals surface area contributed by atoms with Crippen molar-refractivity contribution in [1.29, 1.82) is 5.26 Å². The Labute approximate surface area is 80.9 Å². The number of nitriles is 1. The number of nitrogens with zero attached hydrogens (tertiary/aromatic N) is 4. The van der Waals surface area contributed by atoms with Gasteiger partial charge < -0.3 is 0 Å². The van der Waals surface area contributed by atoms with Gasteiger partial charge in [0.25, 0.3) is 0 Å². The molecule has 0 aliphatic carbocycles. The molecule has 14 heavy (non-hydrogen) atoms. The molecule has 2 aromatic heterocycles. The summed E-state index contributed by atoms with van der Waals surface area (Å²) in [6.45, 7) is 0. The van der Waals surface area contributed by atoms with Crippen LogP contribution in [0.2, 0.25) is 0 Å². The molecule has 0 aliphatic rings. The van der Waals surface area contributed by atoms with E-state index in [1.165, 1.54) is 6.20 Å². The second kappa shape index (κ2) is 3.62. The van der Waals surface area contributed by atoms with Gasteiger partial charge in [-0.2, -0.15) is 5.26 Å². The molecule has 2 aromatic rings. The van der Waals surface area contributed by atoms with Crippen LogP contribution >= 0.6 is 0 Å². The van der Waals surface area contributed by atoms with Crippen molar-refractivity contribution in [3.8, 4) is 17.5 Å². The smallest absolute Gasteiger partial charge is 0.109 e. The molecule has 0 aromatic carbocycles. The fraction of sp³-hybridized carbons (Fsp3) is 0. The summed E-state index contributed by atoms with van der Waals surface area (Å²) in [4.78, 5) is 11.9. The highest BCUT2D eigenvalue weighted by atomic mass is 14.8. The standard InChI is InChI=1S/C10H5N4/c11-6-8-2-1-3-14-10(8)9-7-12-4-5-13-9/h1-4,7H. The minimum absolute atomic E-state index is 0.487. The van der Waals surface area contributed by atoms with E-state index in [0.29, 0.717) is 17.0 Å². The van der Waals surface area contributed by atoms with Crippen LogP contribution in [0, 0.1) is 17.5 Å². The van der Waals surface area contributed by atoms with Crippen molar-refractivity contribution in [2.24, 2.45) is 0 Å². The summed E-state index contributed by atoms with van der Waals surface area (Å²) in [6, 6.07) is 5.45. The Balaban J connectivity index is 2.58. The molecule has 0 atom stereocenters. The van der Waals surface area contributed by atoms with Crippen molar-refractivity contribution in [3.05, 3.63) is 42.5 Å². The highest BCUT2D eigenvalue weighted by molar-refractivity contribution is 5.61. The maximum atomic E-state index is 8.83. The lowest BCUT2D eigenvalue weighted by atomic mass is 10.2. The Bertz CT molecular complexity index is 473. The zero-order valence-electron chi connectivity index (χ0n) is 7.18. The predicted molar refractivity (Wildman–Crippen MR) is 48.8 cm³/mol. The molecule has 0 amide bonds. The lowest BCUT2D eigenvalue weighted by molar-refractivity contribution is 1.16. The van der Waals surface area contributed by atoms with E-state index >= 15 is 0 Å². The summed E-state index contributed by atoms with van der Waals surface area (Å²) in [6.07, 6.45) is 7.23.